The maximum Gasteiger partial charge on any atom is 0.267 e. The summed E-state index contributed by atoms with van der Waals surface area (Å²) < 4.78 is 0. The highest BCUT2D eigenvalue weighted by atomic mass is 32.1. The van der Waals surface area contributed by atoms with Crippen molar-refractivity contribution in [1.82, 2.24) is 9.88 Å². The van der Waals surface area contributed by atoms with Gasteiger partial charge in [0.05, 0.1) is 0 Å². The monoisotopic (exact) mass is 283 g/mol. The van der Waals surface area contributed by atoms with Gasteiger partial charge in [-0.2, -0.15) is 0 Å². The number of nitrogen functional groups attached to an aromatic ring is 1. The summed E-state index contributed by atoms with van der Waals surface area (Å²) in [5.74, 6) is 0.259. The standard InChI is InChI=1S/C12H21N5OS/c1-3-16(2)11(18)9-10(14)15-12(19-9)17-6-4-5-8(13)7-17/h8H,3-7,13-14H2,1-2H3. The minimum absolute atomic E-state index is 0.0648. The highest BCUT2D eigenvalue weighted by Gasteiger charge is 2.24. The molecule has 1 fully saturated rings. The van der Waals surface area contributed by atoms with Crippen molar-refractivity contribution in [3.63, 3.8) is 0 Å². The summed E-state index contributed by atoms with van der Waals surface area (Å²) in [5.41, 5.74) is 11.8. The van der Waals surface area contributed by atoms with Crippen molar-refractivity contribution in [1.29, 1.82) is 0 Å². The van der Waals surface area contributed by atoms with E-state index in [1.54, 1.807) is 11.9 Å². The highest BCUT2D eigenvalue weighted by molar-refractivity contribution is 7.18. The average molecular weight is 283 g/mol. The molecule has 0 aliphatic carbocycles. The Labute approximate surface area is 117 Å². The van der Waals surface area contributed by atoms with Gasteiger partial charge in [0, 0.05) is 32.7 Å². The van der Waals surface area contributed by atoms with Gasteiger partial charge in [0.1, 0.15) is 10.7 Å². The second-order valence-electron chi connectivity index (χ2n) is 4.88. The minimum Gasteiger partial charge on any atom is -0.382 e. The summed E-state index contributed by atoms with van der Waals surface area (Å²) in [7, 11) is 1.76. The number of nitrogens with two attached hydrogens (primary N) is 2. The molecule has 6 nitrogen and oxygen atoms in total. The van der Waals surface area contributed by atoms with Crippen molar-refractivity contribution in [3.05, 3.63) is 4.88 Å². The molecule has 7 heteroatoms. The van der Waals surface area contributed by atoms with Gasteiger partial charge >= 0.3 is 0 Å². The van der Waals surface area contributed by atoms with E-state index in [1.807, 2.05) is 6.92 Å². The lowest BCUT2D eigenvalue weighted by molar-refractivity contribution is 0.0808. The predicted molar refractivity (Wildman–Crippen MR) is 78.6 cm³/mol. The third-order valence-electron chi connectivity index (χ3n) is 3.39. The number of anilines is 2. The summed E-state index contributed by atoms with van der Waals surface area (Å²) in [6, 6.07) is 0.177. The van der Waals surface area contributed by atoms with Crippen LogP contribution in [0.5, 0.6) is 0 Å². The Balaban J connectivity index is 2.18. The third-order valence-corrected chi connectivity index (χ3v) is 4.51. The Morgan fingerprint density at radius 2 is 2.37 bits per heavy atom. The highest BCUT2D eigenvalue weighted by Crippen LogP contribution is 2.30. The van der Waals surface area contributed by atoms with E-state index in [4.69, 9.17) is 11.5 Å². The Morgan fingerprint density at radius 3 is 3.00 bits per heavy atom. The van der Waals surface area contributed by atoms with Crippen LogP contribution < -0.4 is 16.4 Å². The van der Waals surface area contributed by atoms with E-state index in [0.29, 0.717) is 17.2 Å². The van der Waals surface area contributed by atoms with E-state index in [2.05, 4.69) is 9.88 Å². The average Bonchev–Trinajstić information content (AvgIpc) is 2.79. The molecular weight excluding hydrogens is 262 g/mol. The van der Waals surface area contributed by atoms with Gasteiger partial charge in [0.2, 0.25) is 0 Å². The minimum atomic E-state index is -0.0648. The zero-order chi connectivity index (χ0) is 14.0. The number of piperidine rings is 1. The van der Waals surface area contributed by atoms with Crippen LogP contribution in [0, 0.1) is 0 Å². The van der Waals surface area contributed by atoms with Crippen molar-refractivity contribution in [2.45, 2.75) is 25.8 Å². The second-order valence-corrected chi connectivity index (χ2v) is 5.86. The summed E-state index contributed by atoms with van der Waals surface area (Å²) >= 11 is 1.36. The second kappa shape index (κ2) is 5.75. The van der Waals surface area contributed by atoms with Crippen LogP contribution in [-0.4, -0.2) is 48.5 Å². The normalized spacial score (nSPS) is 19.5. The molecule has 106 valence electrons. The molecule has 1 saturated heterocycles. The topological polar surface area (TPSA) is 88.5 Å². The molecule has 2 heterocycles. The molecule has 1 aliphatic rings. The summed E-state index contributed by atoms with van der Waals surface area (Å²) in [5, 5.41) is 0.806. The third kappa shape index (κ3) is 2.98. The fourth-order valence-corrected chi connectivity index (χ4v) is 3.12. The molecule has 0 radical (unpaired) electrons. The molecule has 1 unspecified atom stereocenters. The van der Waals surface area contributed by atoms with Crippen molar-refractivity contribution in [2.75, 3.05) is 37.3 Å². The van der Waals surface area contributed by atoms with Gasteiger partial charge in [-0.1, -0.05) is 11.3 Å². The van der Waals surface area contributed by atoms with Crippen LogP contribution in [-0.2, 0) is 0 Å². The van der Waals surface area contributed by atoms with Crippen LogP contribution in [0.2, 0.25) is 0 Å². The van der Waals surface area contributed by atoms with E-state index < -0.39 is 0 Å². The first-order valence-corrected chi connectivity index (χ1v) is 7.36. The molecule has 0 aromatic carbocycles. The number of nitrogens with zero attached hydrogens (tertiary/aromatic N) is 3. The first-order valence-electron chi connectivity index (χ1n) is 6.55. The number of hydrogen-bond acceptors (Lipinski definition) is 6. The molecule has 2 rings (SSSR count). The first-order chi connectivity index (χ1) is 9.02. The van der Waals surface area contributed by atoms with E-state index in [0.717, 1.165) is 31.1 Å². The molecule has 1 amide bonds. The van der Waals surface area contributed by atoms with E-state index in [-0.39, 0.29) is 11.9 Å². The molecule has 0 spiro atoms. The van der Waals surface area contributed by atoms with E-state index >= 15 is 0 Å². The number of carbonyl (C=O) groups excluding carboxylic acids is 1. The van der Waals surface area contributed by atoms with Crippen LogP contribution in [0.25, 0.3) is 0 Å². The maximum atomic E-state index is 12.1. The molecule has 4 N–H and O–H groups in total. The first kappa shape index (κ1) is 14.1. The maximum absolute atomic E-state index is 12.1. The molecule has 1 atom stereocenters. The Bertz CT molecular complexity index is 461. The van der Waals surface area contributed by atoms with Gasteiger partial charge in [0.25, 0.3) is 5.91 Å². The number of hydrogen-bond donors (Lipinski definition) is 2. The number of aromatic nitrogens is 1. The molecule has 1 aliphatic heterocycles. The molecule has 0 bridgehead atoms. The van der Waals surface area contributed by atoms with Crippen LogP contribution in [0.3, 0.4) is 0 Å². The zero-order valence-corrected chi connectivity index (χ0v) is 12.2. The number of rotatable bonds is 3. The number of thiazole rings is 1. The van der Waals surface area contributed by atoms with Gasteiger partial charge in [-0.25, -0.2) is 4.98 Å². The molecule has 19 heavy (non-hydrogen) atoms. The Kier molecular flexibility index (Phi) is 4.26. The van der Waals surface area contributed by atoms with Crippen molar-refractivity contribution < 1.29 is 4.79 Å². The molecule has 1 aromatic rings. The quantitative estimate of drug-likeness (QED) is 0.854. The Hall–Kier alpha value is -1.34. The van der Waals surface area contributed by atoms with Crippen molar-refractivity contribution >= 4 is 28.2 Å². The van der Waals surface area contributed by atoms with E-state index in [9.17, 15) is 4.79 Å². The van der Waals surface area contributed by atoms with Crippen molar-refractivity contribution in [3.8, 4) is 0 Å². The SMILES string of the molecule is CCN(C)C(=O)c1sc(N2CCCC(N)C2)nc1N. The lowest BCUT2D eigenvalue weighted by Gasteiger charge is -2.30. The van der Waals surface area contributed by atoms with Gasteiger partial charge in [-0.15, -0.1) is 0 Å². The van der Waals surface area contributed by atoms with E-state index in [1.165, 1.54) is 11.3 Å². The van der Waals surface area contributed by atoms with Gasteiger partial charge < -0.3 is 21.3 Å². The number of carbonyl (C=O) groups is 1. The summed E-state index contributed by atoms with van der Waals surface area (Å²) in [6.07, 6.45) is 2.10. The fraction of sp³-hybridized carbons (Fsp3) is 0.667. The van der Waals surface area contributed by atoms with Crippen LogP contribution in [0.4, 0.5) is 10.9 Å². The van der Waals surface area contributed by atoms with Gasteiger partial charge in [-0.3, -0.25) is 4.79 Å². The van der Waals surface area contributed by atoms with Gasteiger partial charge in [0.15, 0.2) is 5.13 Å². The largest absolute Gasteiger partial charge is 0.382 e. The van der Waals surface area contributed by atoms with Crippen LogP contribution >= 0.6 is 11.3 Å². The number of amides is 1. The molecule has 1 aromatic heterocycles. The van der Waals surface area contributed by atoms with Gasteiger partial charge in [-0.05, 0) is 19.8 Å². The van der Waals surface area contributed by atoms with Crippen LogP contribution in [0.1, 0.15) is 29.4 Å². The zero-order valence-electron chi connectivity index (χ0n) is 11.4. The fourth-order valence-electron chi connectivity index (χ4n) is 2.11. The lowest BCUT2D eigenvalue weighted by Crippen LogP contribution is -2.42. The van der Waals surface area contributed by atoms with Crippen LogP contribution in [0.15, 0.2) is 0 Å². The predicted octanol–water partition coefficient (Wildman–Crippen LogP) is 0.745. The van der Waals surface area contributed by atoms with Crippen molar-refractivity contribution in [2.24, 2.45) is 5.73 Å². The Morgan fingerprint density at radius 1 is 1.63 bits per heavy atom. The summed E-state index contributed by atoms with van der Waals surface area (Å²) in [4.78, 5) is 20.7. The molecule has 0 saturated carbocycles. The lowest BCUT2D eigenvalue weighted by atomic mass is 10.1. The summed E-state index contributed by atoms with van der Waals surface area (Å²) in [6.45, 7) is 4.29. The molecular formula is C12H21N5OS. The smallest absolute Gasteiger partial charge is 0.267 e.